The summed E-state index contributed by atoms with van der Waals surface area (Å²) in [6, 6.07) is 17.1. The van der Waals surface area contributed by atoms with Gasteiger partial charge in [-0.25, -0.2) is 4.58 Å². The molecule has 2 aliphatic heterocycles. The lowest BCUT2D eigenvalue weighted by Crippen LogP contribution is -2.14. The highest BCUT2D eigenvalue weighted by atomic mass is 15.0. The molecule has 0 bridgehead atoms. The minimum Gasteiger partial charge on any atom is -0.257 e. The molecule has 0 radical (unpaired) electrons. The summed E-state index contributed by atoms with van der Waals surface area (Å²) in [7, 11) is 2.17. The van der Waals surface area contributed by atoms with Gasteiger partial charge in [-0.05, 0) is 11.6 Å². The van der Waals surface area contributed by atoms with Gasteiger partial charge in [-0.1, -0.05) is 36.4 Å². The molecule has 0 saturated carbocycles. The number of hydrogen-bond acceptors (Lipinski definition) is 1. The molecule has 2 aliphatic rings. The van der Waals surface area contributed by atoms with E-state index in [-0.39, 0.29) is 0 Å². The molecule has 2 heterocycles. The van der Waals surface area contributed by atoms with Gasteiger partial charge in [-0.2, -0.15) is 0 Å². The van der Waals surface area contributed by atoms with Crippen molar-refractivity contribution in [3.05, 3.63) is 59.7 Å². The van der Waals surface area contributed by atoms with Gasteiger partial charge in [-0.15, -0.1) is 0 Å². The number of para-hydroxylation sites is 2. The van der Waals surface area contributed by atoms with Gasteiger partial charge >= 0.3 is 0 Å². The van der Waals surface area contributed by atoms with E-state index in [0.717, 1.165) is 24.9 Å². The molecular weight excluding hydrogens is 244 g/mol. The minimum atomic E-state index is 0.986. The molecule has 0 N–H and O–H groups in total. The van der Waals surface area contributed by atoms with Crippen molar-refractivity contribution < 1.29 is 4.58 Å². The lowest BCUT2D eigenvalue weighted by atomic mass is 10.0. The highest BCUT2D eigenvalue weighted by Gasteiger charge is 2.28. The van der Waals surface area contributed by atoms with Crippen LogP contribution in [0.15, 0.2) is 53.5 Å². The van der Waals surface area contributed by atoms with Crippen molar-refractivity contribution in [3.63, 3.8) is 0 Å². The summed E-state index contributed by atoms with van der Waals surface area (Å²) in [5, 5.41) is 0. The highest BCUT2D eigenvalue weighted by Crippen LogP contribution is 2.30. The number of benzene rings is 2. The topological polar surface area (TPSA) is 15.4 Å². The Balaban J connectivity index is 1.60. The smallest absolute Gasteiger partial charge is 0.208 e. The predicted octanol–water partition coefficient (Wildman–Crippen LogP) is 3.68. The van der Waals surface area contributed by atoms with E-state index in [1.54, 1.807) is 0 Å². The molecule has 0 spiro atoms. The second-order valence-electron chi connectivity index (χ2n) is 5.59. The van der Waals surface area contributed by atoms with Crippen LogP contribution in [0.4, 0.5) is 11.4 Å². The average molecular weight is 261 g/mol. The molecular formula is C18H17N2+. The summed E-state index contributed by atoms with van der Waals surface area (Å²) in [6.45, 7) is 0. The predicted molar refractivity (Wildman–Crippen MR) is 82.9 cm³/mol. The molecule has 0 aliphatic carbocycles. The fourth-order valence-corrected chi connectivity index (χ4v) is 3.21. The van der Waals surface area contributed by atoms with Crippen LogP contribution in [0.3, 0.4) is 0 Å². The Hall–Kier alpha value is -2.22. The molecule has 0 amide bonds. The second-order valence-corrected chi connectivity index (χ2v) is 5.59. The molecule has 4 rings (SSSR count). The Morgan fingerprint density at radius 3 is 2.50 bits per heavy atom. The lowest BCUT2D eigenvalue weighted by molar-refractivity contribution is -0.402. The maximum atomic E-state index is 4.78. The SMILES string of the molecule is C[N+]1=C(CC2=Nc3ccccc3C2)Cc2ccccc21. The van der Waals surface area contributed by atoms with Gasteiger partial charge in [0.1, 0.15) is 7.05 Å². The highest BCUT2D eigenvalue weighted by molar-refractivity contribution is 6.08. The first-order valence-electron chi connectivity index (χ1n) is 7.12. The quantitative estimate of drug-likeness (QED) is 0.733. The Morgan fingerprint density at radius 2 is 1.70 bits per heavy atom. The molecule has 0 atom stereocenters. The van der Waals surface area contributed by atoms with Crippen LogP contribution < -0.4 is 0 Å². The Labute approximate surface area is 119 Å². The standard InChI is InChI=1S/C18H17N2/c1-20-16(11-14-7-3-5-9-18(14)20)12-15-10-13-6-2-4-8-17(13)19-15/h2-9H,10-12H2,1H3/q+1. The zero-order valence-electron chi connectivity index (χ0n) is 11.6. The fraction of sp³-hybridized carbons (Fsp3) is 0.222. The number of rotatable bonds is 2. The largest absolute Gasteiger partial charge is 0.257 e. The Bertz CT molecular complexity index is 754. The van der Waals surface area contributed by atoms with Gasteiger partial charge in [0.05, 0.1) is 18.5 Å². The van der Waals surface area contributed by atoms with Gasteiger partial charge in [0.15, 0.2) is 5.71 Å². The summed E-state index contributed by atoms with van der Waals surface area (Å²) in [4.78, 5) is 4.78. The van der Waals surface area contributed by atoms with Crippen molar-refractivity contribution in [1.29, 1.82) is 0 Å². The van der Waals surface area contributed by atoms with E-state index >= 15 is 0 Å². The maximum Gasteiger partial charge on any atom is 0.208 e. The van der Waals surface area contributed by atoms with Crippen molar-refractivity contribution >= 4 is 22.8 Å². The molecule has 2 heteroatoms. The van der Waals surface area contributed by atoms with Crippen LogP contribution in [0.25, 0.3) is 0 Å². The third kappa shape index (κ3) is 1.80. The zero-order chi connectivity index (χ0) is 13.5. The first-order chi connectivity index (χ1) is 9.81. The van der Waals surface area contributed by atoms with Crippen LogP contribution >= 0.6 is 0 Å². The summed E-state index contributed by atoms with van der Waals surface area (Å²) >= 11 is 0. The number of nitrogens with zero attached hydrogens (tertiary/aromatic N) is 2. The summed E-state index contributed by atoms with van der Waals surface area (Å²) in [5.74, 6) is 0. The summed E-state index contributed by atoms with van der Waals surface area (Å²) in [6.07, 6.45) is 3.05. The van der Waals surface area contributed by atoms with E-state index < -0.39 is 0 Å². The van der Waals surface area contributed by atoms with Crippen LogP contribution in [-0.4, -0.2) is 23.0 Å². The second kappa shape index (κ2) is 4.41. The average Bonchev–Trinajstić information content (AvgIpc) is 3.01. The van der Waals surface area contributed by atoms with Gasteiger partial charge < -0.3 is 0 Å². The first kappa shape index (κ1) is 11.6. The van der Waals surface area contributed by atoms with Gasteiger partial charge in [0.25, 0.3) is 0 Å². The van der Waals surface area contributed by atoms with Gasteiger partial charge in [-0.3, -0.25) is 4.99 Å². The maximum absolute atomic E-state index is 4.78. The van der Waals surface area contributed by atoms with Crippen molar-refractivity contribution in [2.24, 2.45) is 4.99 Å². The number of aliphatic imine (C=N–C) groups is 1. The minimum absolute atomic E-state index is 0.986. The third-order valence-electron chi connectivity index (χ3n) is 4.29. The molecule has 0 unspecified atom stereocenters. The van der Waals surface area contributed by atoms with E-state index in [9.17, 15) is 0 Å². The van der Waals surface area contributed by atoms with E-state index in [1.165, 1.54) is 28.2 Å². The molecule has 0 aromatic heterocycles. The lowest BCUT2D eigenvalue weighted by Gasteiger charge is -1.98. The van der Waals surface area contributed by atoms with Crippen LogP contribution in [0.1, 0.15) is 17.5 Å². The van der Waals surface area contributed by atoms with Crippen LogP contribution in [0.2, 0.25) is 0 Å². The Kier molecular flexibility index (Phi) is 2.56. The zero-order valence-corrected chi connectivity index (χ0v) is 11.6. The van der Waals surface area contributed by atoms with Crippen LogP contribution in [0.5, 0.6) is 0 Å². The molecule has 0 fully saturated rings. The summed E-state index contributed by atoms with van der Waals surface area (Å²) in [5.41, 5.74) is 8.04. The van der Waals surface area contributed by atoms with Gasteiger partial charge in [0.2, 0.25) is 5.69 Å². The molecule has 0 saturated heterocycles. The third-order valence-corrected chi connectivity index (χ3v) is 4.29. The Morgan fingerprint density at radius 1 is 0.950 bits per heavy atom. The van der Waals surface area contributed by atoms with E-state index in [2.05, 4.69) is 60.2 Å². The van der Waals surface area contributed by atoms with Crippen molar-refractivity contribution in [1.82, 2.24) is 0 Å². The van der Waals surface area contributed by atoms with Crippen LogP contribution in [0, 0.1) is 0 Å². The van der Waals surface area contributed by atoms with Crippen LogP contribution in [-0.2, 0) is 12.8 Å². The fourth-order valence-electron chi connectivity index (χ4n) is 3.21. The van der Waals surface area contributed by atoms with E-state index in [0.29, 0.717) is 0 Å². The van der Waals surface area contributed by atoms with E-state index in [4.69, 9.17) is 4.99 Å². The van der Waals surface area contributed by atoms with Crippen molar-refractivity contribution in [3.8, 4) is 0 Å². The number of hydrogen-bond donors (Lipinski definition) is 0. The number of fused-ring (bicyclic) bond motifs is 2. The normalized spacial score (nSPS) is 16.1. The van der Waals surface area contributed by atoms with Crippen molar-refractivity contribution in [2.45, 2.75) is 19.3 Å². The molecule has 2 nitrogen and oxygen atoms in total. The molecule has 2 aromatic rings. The molecule has 2 aromatic carbocycles. The molecule has 20 heavy (non-hydrogen) atoms. The van der Waals surface area contributed by atoms with Gasteiger partial charge in [0, 0.05) is 23.8 Å². The monoisotopic (exact) mass is 261 g/mol. The summed E-state index contributed by atoms with van der Waals surface area (Å²) < 4.78 is 2.33. The first-order valence-corrected chi connectivity index (χ1v) is 7.12. The molecule has 98 valence electrons. The van der Waals surface area contributed by atoms with Crippen molar-refractivity contribution in [2.75, 3.05) is 7.05 Å². The van der Waals surface area contributed by atoms with E-state index in [1.807, 2.05) is 0 Å².